The average molecular weight is 729 g/mol. The topological polar surface area (TPSA) is 206 Å². The second-order valence-electron chi connectivity index (χ2n) is 11.6. The van der Waals surface area contributed by atoms with E-state index in [4.69, 9.17) is 28.5 Å². The van der Waals surface area contributed by atoms with Crippen molar-refractivity contribution in [3.05, 3.63) is 92.5 Å². The number of esters is 1. The molecule has 0 aliphatic carbocycles. The maximum Gasteiger partial charge on any atom is 1.00 e. The van der Waals surface area contributed by atoms with Gasteiger partial charge in [-0.3, -0.25) is 9.59 Å². The zero-order valence-corrected chi connectivity index (χ0v) is 30.6. The molecule has 4 rings (SSSR count). The summed E-state index contributed by atoms with van der Waals surface area (Å²) in [5, 5.41) is 8.81. The molecule has 4 aromatic rings. The number of Topliss-reactive ketones (excluding diaryl/α,β-unsaturated/α-hetero) is 1. The predicted molar refractivity (Wildman–Crippen MR) is 176 cm³/mol. The van der Waals surface area contributed by atoms with Crippen LogP contribution in [0.5, 0.6) is 0 Å². The van der Waals surface area contributed by atoms with Gasteiger partial charge in [0.1, 0.15) is 17.3 Å². The summed E-state index contributed by atoms with van der Waals surface area (Å²) >= 11 is 3.06. The number of amides is 1. The zero-order chi connectivity index (χ0) is 34.9. The normalized spacial score (nSPS) is 10.5. The molecule has 0 spiro atoms. The molecule has 14 heteroatoms. The molecule has 0 bridgehead atoms. The summed E-state index contributed by atoms with van der Waals surface area (Å²) in [6, 6.07) is 9.54. The van der Waals surface area contributed by atoms with Crippen molar-refractivity contribution >= 4 is 39.6 Å². The quantitative estimate of drug-likeness (QED) is 0.118. The van der Waals surface area contributed by atoms with Crippen LogP contribution in [0.1, 0.15) is 150 Å². The molecule has 4 N–H and O–H groups in total. The Hall–Kier alpha value is -3.76. The van der Waals surface area contributed by atoms with Crippen LogP contribution in [0.2, 0.25) is 0 Å². The number of carbonyl (C=O) groups is 4. The average Bonchev–Trinajstić information content (AvgIpc) is 3.78. The fraction of sp³-hybridized carbons (Fsp3) is 0.412. The summed E-state index contributed by atoms with van der Waals surface area (Å²) in [6.07, 6.45) is -0.0180. The van der Waals surface area contributed by atoms with Gasteiger partial charge < -0.3 is 38.7 Å². The standard InChI is InChI=1S/C17H20O5.C11H17NO2.C6H5BrO3.Li.H2O/c1-9(2)12-8-15(22-16(12)10(3)4)13(18)7-11-5-6-14(21-11)17(19)20;1-6(2)8-5-9(11(12)13)14-10(8)7(3)4;1-9-6(8)4-2-3-5(7)10-4;;/h5-6,8-10H,7H2,1-4H3,(H,19,20);5-7H,1-4H3,(H2,12,13);2-3H,1H3;;1H2/q;;;+1;/p-1. The van der Waals surface area contributed by atoms with E-state index in [1.165, 1.54) is 25.3 Å². The van der Waals surface area contributed by atoms with Gasteiger partial charge >= 0.3 is 30.8 Å². The Morgan fingerprint density at radius 3 is 1.56 bits per heavy atom. The molecule has 1 amide bonds. The summed E-state index contributed by atoms with van der Waals surface area (Å²) in [5.41, 5.74) is 7.27. The second-order valence-corrected chi connectivity index (χ2v) is 12.4. The van der Waals surface area contributed by atoms with Gasteiger partial charge in [-0.1, -0.05) is 55.4 Å². The van der Waals surface area contributed by atoms with Gasteiger partial charge in [-0.25, -0.2) is 9.59 Å². The number of hydrogen-bond acceptors (Lipinski definition) is 10. The van der Waals surface area contributed by atoms with Crippen LogP contribution in [0.4, 0.5) is 0 Å². The van der Waals surface area contributed by atoms with Crippen LogP contribution < -0.4 is 24.6 Å². The van der Waals surface area contributed by atoms with E-state index in [1.54, 1.807) is 18.2 Å². The number of primary amides is 1. The van der Waals surface area contributed by atoms with Gasteiger partial charge in [0.05, 0.1) is 13.5 Å². The number of carboxylic acid groups (broad SMARTS) is 1. The van der Waals surface area contributed by atoms with Gasteiger partial charge in [0.15, 0.2) is 16.2 Å². The van der Waals surface area contributed by atoms with Crippen LogP contribution in [-0.4, -0.2) is 41.3 Å². The van der Waals surface area contributed by atoms with Crippen LogP contribution in [0, 0.1) is 0 Å². The van der Waals surface area contributed by atoms with E-state index < -0.39 is 17.8 Å². The van der Waals surface area contributed by atoms with Crippen molar-refractivity contribution in [3.8, 4) is 0 Å². The molecule has 4 aromatic heterocycles. The Balaban J connectivity index is 0.000000733. The summed E-state index contributed by atoms with van der Waals surface area (Å²) in [5.74, 6) is 1.34. The first-order valence-electron chi connectivity index (χ1n) is 14.7. The third kappa shape index (κ3) is 12.4. The van der Waals surface area contributed by atoms with Crippen LogP contribution in [0.3, 0.4) is 0 Å². The molecule has 0 aromatic carbocycles. The van der Waals surface area contributed by atoms with Gasteiger partial charge in [0.25, 0.3) is 5.91 Å². The van der Waals surface area contributed by atoms with Gasteiger partial charge in [0, 0.05) is 11.8 Å². The smallest absolute Gasteiger partial charge is 0.870 e. The molecule has 0 saturated carbocycles. The number of furan rings is 4. The number of hydrogen-bond donors (Lipinski definition) is 2. The molecular formula is C34H43BrLiNO11. The number of nitrogens with two attached hydrogens (primary N) is 1. The molecule has 4 heterocycles. The maximum absolute atomic E-state index is 12.3. The first kappa shape index (κ1) is 44.2. The molecule has 48 heavy (non-hydrogen) atoms. The van der Waals surface area contributed by atoms with E-state index in [-0.39, 0.29) is 71.6 Å². The van der Waals surface area contributed by atoms with Crippen molar-refractivity contribution in [1.82, 2.24) is 0 Å². The molecule has 0 radical (unpaired) electrons. The van der Waals surface area contributed by atoms with E-state index >= 15 is 0 Å². The summed E-state index contributed by atoms with van der Waals surface area (Å²) in [4.78, 5) is 44.7. The van der Waals surface area contributed by atoms with Crippen LogP contribution in [0.25, 0.3) is 0 Å². The zero-order valence-electron chi connectivity index (χ0n) is 29.0. The Morgan fingerprint density at radius 1 is 0.729 bits per heavy atom. The minimum atomic E-state index is -1.15. The van der Waals surface area contributed by atoms with Crippen molar-refractivity contribution < 1.29 is 71.0 Å². The SMILES string of the molecule is CC(C)c1cc(C(=O)Cc2ccc(C(=O)O)o2)oc1C(C)C.CC(C)c1cc(C(N)=O)oc1C(C)C.COC(=O)c1ccc(Br)o1.[Li+].[OH-]. The van der Waals surface area contributed by atoms with Crippen LogP contribution >= 0.6 is 15.9 Å². The second kappa shape index (κ2) is 19.9. The number of rotatable bonds is 10. The third-order valence-electron chi connectivity index (χ3n) is 6.56. The predicted octanol–water partition coefficient (Wildman–Crippen LogP) is 5.52. The van der Waals surface area contributed by atoms with Gasteiger partial charge in [0.2, 0.25) is 17.3 Å². The van der Waals surface area contributed by atoms with Crippen molar-refractivity contribution in [1.29, 1.82) is 0 Å². The van der Waals surface area contributed by atoms with Crippen LogP contribution in [0.15, 0.2) is 58.7 Å². The molecular weight excluding hydrogens is 685 g/mol. The molecule has 0 unspecified atom stereocenters. The molecule has 258 valence electrons. The first-order valence-corrected chi connectivity index (χ1v) is 15.5. The van der Waals surface area contributed by atoms with E-state index in [1.807, 2.05) is 27.7 Å². The first-order chi connectivity index (χ1) is 21.5. The molecule has 0 aliphatic heterocycles. The third-order valence-corrected chi connectivity index (χ3v) is 6.99. The van der Waals surface area contributed by atoms with E-state index in [9.17, 15) is 19.2 Å². The Bertz CT molecular complexity index is 1590. The van der Waals surface area contributed by atoms with E-state index in [0.717, 1.165) is 22.6 Å². The minimum Gasteiger partial charge on any atom is -0.870 e. The van der Waals surface area contributed by atoms with Crippen molar-refractivity contribution in [2.75, 3.05) is 7.11 Å². The Labute approximate surface area is 300 Å². The van der Waals surface area contributed by atoms with Crippen molar-refractivity contribution in [3.63, 3.8) is 0 Å². The summed E-state index contributed by atoms with van der Waals surface area (Å²) in [7, 11) is 1.30. The monoisotopic (exact) mass is 727 g/mol. The minimum absolute atomic E-state index is 0. The Morgan fingerprint density at radius 2 is 1.21 bits per heavy atom. The number of aromatic carboxylic acids is 1. The largest absolute Gasteiger partial charge is 1.00 e. The fourth-order valence-corrected chi connectivity index (χ4v) is 4.57. The molecule has 0 saturated heterocycles. The number of ketones is 1. The van der Waals surface area contributed by atoms with E-state index in [0.29, 0.717) is 22.1 Å². The fourth-order valence-electron chi connectivity index (χ4n) is 4.26. The number of ether oxygens (including phenoxy) is 1. The molecule has 0 fully saturated rings. The summed E-state index contributed by atoms with van der Waals surface area (Å²) in [6.45, 7) is 16.4. The summed E-state index contributed by atoms with van der Waals surface area (Å²) < 4.78 is 26.0. The van der Waals surface area contributed by atoms with Crippen molar-refractivity contribution in [2.24, 2.45) is 5.73 Å². The Kier molecular flexibility index (Phi) is 18.4. The van der Waals surface area contributed by atoms with Crippen LogP contribution in [-0.2, 0) is 11.2 Å². The van der Waals surface area contributed by atoms with Gasteiger partial charge in [-0.2, -0.15) is 0 Å². The number of halogens is 1. The van der Waals surface area contributed by atoms with Gasteiger partial charge in [-0.15, -0.1) is 0 Å². The molecule has 0 atom stereocenters. The molecule has 12 nitrogen and oxygen atoms in total. The maximum atomic E-state index is 12.3. The van der Waals surface area contributed by atoms with Crippen molar-refractivity contribution in [2.45, 2.75) is 85.5 Å². The number of carbonyl (C=O) groups excluding carboxylic acids is 3. The number of methoxy groups -OCH3 is 1. The van der Waals surface area contributed by atoms with Gasteiger partial charge in [-0.05, 0) is 75.3 Å². The van der Waals surface area contributed by atoms with E-state index in [2.05, 4.69) is 48.4 Å². The number of carboxylic acids is 1. The molecule has 0 aliphatic rings.